The van der Waals surface area contributed by atoms with Crippen molar-refractivity contribution in [3.63, 3.8) is 0 Å². The summed E-state index contributed by atoms with van der Waals surface area (Å²) in [5.41, 5.74) is 13.7. The minimum Gasteiger partial charge on any atom is -0.246 e. The Morgan fingerprint density at radius 2 is 0.704 bits per heavy atom. The quantitative estimate of drug-likeness (QED) is 0.173. The molecule has 7 rings (SSSR count). The maximum Gasteiger partial charge on any atom is 0.102 e. The Bertz CT molecular complexity index is 2340. The lowest BCUT2D eigenvalue weighted by atomic mass is 9.85. The van der Waals surface area contributed by atoms with Crippen LogP contribution in [0.5, 0.6) is 0 Å². The molecule has 4 nitrogen and oxygen atoms in total. The number of benzene rings is 5. The van der Waals surface area contributed by atoms with Crippen LogP contribution in [0.2, 0.25) is 0 Å². The van der Waals surface area contributed by atoms with E-state index in [4.69, 9.17) is 9.97 Å². The van der Waals surface area contributed by atoms with Crippen molar-refractivity contribution in [3.05, 3.63) is 168 Å². The van der Waals surface area contributed by atoms with Gasteiger partial charge in [0.2, 0.25) is 0 Å². The summed E-state index contributed by atoms with van der Waals surface area (Å²) in [6, 6.07) is 54.1. The van der Waals surface area contributed by atoms with E-state index in [1.165, 1.54) is 11.1 Å². The SMILES string of the molecule is CC(C)(C)c1ccc(-c2cc(-c3ccc(-c4cc(-c5ccc(C(C)(C)C)cc5)c(C#N)c(-c5ccccc5)n4)cc3)nc(-c3ccccc3)c2C#N)cc1. The molecule has 2 aromatic heterocycles. The predicted molar refractivity (Wildman–Crippen MR) is 221 cm³/mol. The van der Waals surface area contributed by atoms with E-state index in [0.29, 0.717) is 22.5 Å². The van der Waals surface area contributed by atoms with E-state index >= 15 is 0 Å². The molecule has 0 saturated carbocycles. The van der Waals surface area contributed by atoms with Crippen LogP contribution in [0.4, 0.5) is 0 Å². The average Bonchev–Trinajstić information content (AvgIpc) is 3.20. The van der Waals surface area contributed by atoms with E-state index in [2.05, 4.69) is 126 Å². The van der Waals surface area contributed by atoms with E-state index in [1.54, 1.807) is 0 Å². The Hall–Kier alpha value is -6.62. The third-order valence-corrected chi connectivity index (χ3v) is 9.96. The van der Waals surface area contributed by atoms with Crippen molar-refractivity contribution >= 4 is 0 Å². The molecule has 0 fully saturated rings. The van der Waals surface area contributed by atoms with Gasteiger partial charge in [0.15, 0.2) is 0 Å². The molecule has 0 amide bonds. The van der Waals surface area contributed by atoms with Crippen molar-refractivity contribution in [3.8, 4) is 79.4 Å². The number of nitriles is 2. The predicted octanol–water partition coefficient (Wildman–Crippen LogP) is 12.8. The molecule has 0 atom stereocenters. The smallest absolute Gasteiger partial charge is 0.102 e. The molecular weight excluding hydrogens is 657 g/mol. The van der Waals surface area contributed by atoms with Crippen LogP contribution < -0.4 is 0 Å². The monoisotopic (exact) mass is 698 g/mol. The summed E-state index contributed by atoms with van der Waals surface area (Å²) in [6.45, 7) is 13.2. The molecule has 2 heterocycles. The van der Waals surface area contributed by atoms with Crippen molar-refractivity contribution in [1.29, 1.82) is 10.5 Å². The molecule has 0 aliphatic carbocycles. The number of aromatic nitrogens is 2. The van der Waals surface area contributed by atoms with Crippen LogP contribution in [0.25, 0.3) is 67.3 Å². The van der Waals surface area contributed by atoms with Crippen LogP contribution in [0, 0.1) is 22.7 Å². The third kappa shape index (κ3) is 7.20. The van der Waals surface area contributed by atoms with Gasteiger partial charge in [-0.1, -0.05) is 175 Å². The highest BCUT2D eigenvalue weighted by Gasteiger charge is 2.21. The zero-order chi connectivity index (χ0) is 38.0. The highest BCUT2D eigenvalue weighted by Crippen LogP contribution is 2.38. The molecule has 7 aromatic rings. The second kappa shape index (κ2) is 14.4. The summed E-state index contributed by atoms with van der Waals surface area (Å²) in [4.78, 5) is 10.2. The van der Waals surface area contributed by atoms with Gasteiger partial charge in [-0.2, -0.15) is 10.5 Å². The second-order valence-corrected chi connectivity index (χ2v) is 15.7. The minimum atomic E-state index is 0.0141. The molecule has 0 aliphatic heterocycles. The van der Waals surface area contributed by atoms with Gasteiger partial charge in [0.05, 0.1) is 33.9 Å². The maximum atomic E-state index is 10.5. The first kappa shape index (κ1) is 35.8. The van der Waals surface area contributed by atoms with Gasteiger partial charge in [-0.05, 0) is 45.2 Å². The van der Waals surface area contributed by atoms with Crippen molar-refractivity contribution in [1.82, 2.24) is 9.97 Å². The normalized spacial score (nSPS) is 11.5. The zero-order valence-corrected chi connectivity index (χ0v) is 31.6. The fourth-order valence-electron chi connectivity index (χ4n) is 6.79. The van der Waals surface area contributed by atoms with E-state index in [0.717, 1.165) is 55.9 Å². The molecule has 0 unspecified atom stereocenters. The fourth-order valence-corrected chi connectivity index (χ4v) is 6.79. The number of hydrogen-bond donors (Lipinski definition) is 0. The van der Waals surface area contributed by atoms with Gasteiger partial charge < -0.3 is 0 Å². The average molecular weight is 699 g/mol. The summed E-state index contributed by atoms with van der Waals surface area (Å²) >= 11 is 0. The zero-order valence-electron chi connectivity index (χ0n) is 31.6. The van der Waals surface area contributed by atoms with Crippen molar-refractivity contribution in [2.24, 2.45) is 0 Å². The van der Waals surface area contributed by atoms with Crippen LogP contribution in [-0.2, 0) is 10.8 Å². The molecule has 54 heavy (non-hydrogen) atoms. The summed E-state index contributed by atoms with van der Waals surface area (Å²) in [5.74, 6) is 0. The highest BCUT2D eigenvalue weighted by molar-refractivity contribution is 5.86. The van der Waals surface area contributed by atoms with E-state index in [1.807, 2.05) is 72.8 Å². The van der Waals surface area contributed by atoms with E-state index in [9.17, 15) is 10.5 Å². The number of pyridine rings is 2. The Kier molecular flexibility index (Phi) is 9.55. The summed E-state index contributed by atoms with van der Waals surface area (Å²) in [7, 11) is 0. The molecule has 5 aromatic carbocycles. The van der Waals surface area contributed by atoms with Crippen LogP contribution in [0.3, 0.4) is 0 Å². The highest BCUT2D eigenvalue weighted by atomic mass is 14.7. The molecular formula is C50H42N4. The van der Waals surface area contributed by atoms with Crippen molar-refractivity contribution < 1.29 is 0 Å². The van der Waals surface area contributed by atoms with Crippen molar-refractivity contribution in [2.45, 2.75) is 52.4 Å². The summed E-state index contributed by atoms with van der Waals surface area (Å²) in [5, 5.41) is 21.0. The number of hydrogen-bond acceptors (Lipinski definition) is 4. The lowest BCUT2D eigenvalue weighted by Crippen LogP contribution is -2.10. The number of nitrogens with zero attached hydrogens (tertiary/aromatic N) is 4. The van der Waals surface area contributed by atoms with Crippen molar-refractivity contribution in [2.75, 3.05) is 0 Å². The molecule has 0 spiro atoms. The minimum absolute atomic E-state index is 0.0141. The van der Waals surface area contributed by atoms with E-state index < -0.39 is 0 Å². The Morgan fingerprint density at radius 3 is 1.00 bits per heavy atom. The van der Waals surface area contributed by atoms with Crippen LogP contribution in [0.1, 0.15) is 63.8 Å². The van der Waals surface area contributed by atoms with Gasteiger partial charge in [-0.15, -0.1) is 0 Å². The third-order valence-electron chi connectivity index (χ3n) is 9.96. The van der Waals surface area contributed by atoms with Gasteiger partial charge in [0, 0.05) is 33.4 Å². The summed E-state index contributed by atoms with van der Waals surface area (Å²) in [6.07, 6.45) is 0. The van der Waals surface area contributed by atoms with Gasteiger partial charge in [-0.25, -0.2) is 9.97 Å². The topological polar surface area (TPSA) is 73.4 Å². The van der Waals surface area contributed by atoms with Gasteiger partial charge in [0.25, 0.3) is 0 Å². The Morgan fingerprint density at radius 1 is 0.389 bits per heavy atom. The Balaban J connectivity index is 1.36. The molecule has 0 saturated heterocycles. The fraction of sp³-hybridized carbons (Fsp3) is 0.160. The molecule has 0 radical (unpaired) electrons. The summed E-state index contributed by atoms with van der Waals surface area (Å²) < 4.78 is 0. The first-order chi connectivity index (χ1) is 25.9. The molecule has 0 N–H and O–H groups in total. The van der Waals surface area contributed by atoms with Gasteiger partial charge in [0.1, 0.15) is 12.1 Å². The molecule has 0 bridgehead atoms. The lowest BCUT2D eigenvalue weighted by Gasteiger charge is -2.20. The lowest BCUT2D eigenvalue weighted by molar-refractivity contribution is 0.590. The number of rotatable bonds is 6. The maximum absolute atomic E-state index is 10.5. The van der Waals surface area contributed by atoms with Crippen LogP contribution in [-0.4, -0.2) is 9.97 Å². The van der Waals surface area contributed by atoms with Gasteiger partial charge in [-0.3, -0.25) is 0 Å². The molecule has 262 valence electrons. The largest absolute Gasteiger partial charge is 0.246 e. The molecule has 0 aliphatic rings. The molecule has 4 heteroatoms. The van der Waals surface area contributed by atoms with Crippen LogP contribution >= 0.6 is 0 Å². The standard InChI is InChI=1S/C50H42N4/c1-49(2,3)39-25-21-33(22-26-39)41-29-45(53-47(43(41)31-51)37-13-9-7-10-14-37)35-17-19-36(20-18-35)46-30-42(34-23-27-40(28-24-34)50(4,5)6)44(32-52)48(54-46)38-15-11-8-12-16-38/h7-30H,1-6H3. The first-order valence-electron chi connectivity index (χ1n) is 18.3. The van der Waals surface area contributed by atoms with Crippen LogP contribution in [0.15, 0.2) is 146 Å². The van der Waals surface area contributed by atoms with E-state index in [-0.39, 0.29) is 10.8 Å². The van der Waals surface area contributed by atoms with Gasteiger partial charge >= 0.3 is 0 Å². The Labute approximate surface area is 319 Å². The first-order valence-corrected chi connectivity index (χ1v) is 18.3. The second-order valence-electron chi connectivity index (χ2n) is 15.7.